The molecule has 1 amide bonds. The number of nitrogens with one attached hydrogen (secondary N) is 1. The Balaban J connectivity index is 2.31. The average molecular weight is 312 g/mol. The number of hydrogen-bond acceptors (Lipinski definition) is 4. The fraction of sp³-hybridized carbons (Fsp3) is 0.0769. The molecule has 0 saturated heterocycles. The predicted octanol–water partition coefficient (Wildman–Crippen LogP) is 2.02. The first kappa shape index (κ1) is 15.0. The lowest BCUT2D eigenvalue weighted by molar-refractivity contribution is 0.102. The summed E-state index contributed by atoms with van der Waals surface area (Å²) in [5, 5.41) is 2.22. The average Bonchev–Trinajstić information content (AvgIpc) is 2.40. The van der Waals surface area contributed by atoms with Gasteiger partial charge < -0.3 is 5.32 Å². The van der Waals surface area contributed by atoms with Crippen LogP contribution in [-0.4, -0.2) is 25.6 Å². The molecule has 21 heavy (non-hydrogen) atoms. The van der Waals surface area contributed by atoms with Crippen LogP contribution in [0.4, 0.5) is 14.5 Å². The van der Waals surface area contributed by atoms with Crippen LogP contribution in [0.3, 0.4) is 0 Å². The van der Waals surface area contributed by atoms with Gasteiger partial charge in [-0.25, -0.2) is 17.8 Å². The van der Waals surface area contributed by atoms with Gasteiger partial charge in [0.15, 0.2) is 9.84 Å². The summed E-state index contributed by atoms with van der Waals surface area (Å²) < 4.78 is 49.1. The van der Waals surface area contributed by atoms with Crippen molar-refractivity contribution >= 4 is 21.4 Å². The van der Waals surface area contributed by atoms with Gasteiger partial charge in [0.05, 0.1) is 16.1 Å². The second-order valence-corrected chi connectivity index (χ2v) is 6.25. The van der Waals surface area contributed by atoms with Gasteiger partial charge in [0, 0.05) is 12.5 Å². The zero-order valence-electron chi connectivity index (χ0n) is 10.8. The molecular formula is C13H10F2N2O3S. The van der Waals surface area contributed by atoms with Gasteiger partial charge in [0.1, 0.15) is 5.82 Å². The van der Waals surface area contributed by atoms with Gasteiger partial charge in [-0.2, -0.15) is 4.39 Å². The van der Waals surface area contributed by atoms with Crippen LogP contribution in [0.15, 0.2) is 41.4 Å². The Hall–Kier alpha value is -2.35. The van der Waals surface area contributed by atoms with Gasteiger partial charge in [-0.05, 0) is 30.3 Å². The molecule has 8 heteroatoms. The van der Waals surface area contributed by atoms with Crippen molar-refractivity contribution in [2.75, 3.05) is 11.6 Å². The molecule has 0 atom stereocenters. The van der Waals surface area contributed by atoms with Crippen LogP contribution in [0.25, 0.3) is 0 Å². The number of carbonyl (C=O) groups excluding carboxylic acids is 1. The molecule has 0 aliphatic heterocycles. The van der Waals surface area contributed by atoms with E-state index in [9.17, 15) is 22.0 Å². The van der Waals surface area contributed by atoms with Crippen LogP contribution in [0, 0.1) is 11.8 Å². The van der Waals surface area contributed by atoms with Crippen molar-refractivity contribution in [1.82, 2.24) is 4.98 Å². The smallest absolute Gasteiger partial charge is 0.257 e. The number of carbonyl (C=O) groups is 1. The molecule has 1 N–H and O–H groups in total. The van der Waals surface area contributed by atoms with Crippen LogP contribution >= 0.6 is 0 Å². The number of sulfone groups is 1. The Morgan fingerprint density at radius 2 is 1.90 bits per heavy atom. The second-order valence-electron chi connectivity index (χ2n) is 4.24. The molecular weight excluding hydrogens is 302 g/mol. The zero-order chi connectivity index (χ0) is 15.6. The Morgan fingerprint density at radius 3 is 2.48 bits per heavy atom. The van der Waals surface area contributed by atoms with E-state index in [1.54, 1.807) is 0 Å². The number of aromatic nitrogens is 1. The minimum Gasteiger partial charge on any atom is -0.319 e. The summed E-state index contributed by atoms with van der Waals surface area (Å²) in [5.74, 6) is -2.27. The summed E-state index contributed by atoms with van der Waals surface area (Å²) in [6, 6.07) is 5.21. The first-order chi connectivity index (χ1) is 9.77. The highest BCUT2D eigenvalue weighted by Gasteiger charge is 2.14. The van der Waals surface area contributed by atoms with Gasteiger partial charge in [-0.1, -0.05) is 0 Å². The van der Waals surface area contributed by atoms with E-state index in [2.05, 4.69) is 10.3 Å². The number of nitrogens with zero attached hydrogens (tertiary/aromatic N) is 1. The van der Waals surface area contributed by atoms with Crippen molar-refractivity contribution in [3.63, 3.8) is 0 Å². The maximum Gasteiger partial charge on any atom is 0.257 e. The number of amides is 1. The zero-order valence-corrected chi connectivity index (χ0v) is 11.6. The Labute approximate surface area is 119 Å². The topological polar surface area (TPSA) is 76.1 Å². The van der Waals surface area contributed by atoms with E-state index in [-0.39, 0.29) is 16.1 Å². The Kier molecular flexibility index (Phi) is 3.99. The van der Waals surface area contributed by atoms with Gasteiger partial charge >= 0.3 is 0 Å². The van der Waals surface area contributed by atoms with Crippen LogP contribution in [-0.2, 0) is 9.84 Å². The summed E-state index contributed by atoms with van der Waals surface area (Å²) in [6.45, 7) is 0. The molecule has 1 aromatic heterocycles. The maximum absolute atomic E-state index is 13.6. The third-order valence-corrected chi connectivity index (χ3v) is 3.71. The lowest BCUT2D eigenvalue weighted by atomic mass is 10.2. The number of rotatable bonds is 3. The van der Waals surface area contributed by atoms with E-state index in [1.807, 2.05) is 0 Å². The van der Waals surface area contributed by atoms with Crippen LogP contribution in [0.5, 0.6) is 0 Å². The molecule has 2 rings (SSSR count). The minimum atomic E-state index is -3.53. The lowest BCUT2D eigenvalue weighted by Crippen LogP contribution is -2.14. The predicted molar refractivity (Wildman–Crippen MR) is 71.7 cm³/mol. The van der Waals surface area contributed by atoms with Crippen molar-refractivity contribution in [3.8, 4) is 0 Å². The van der Waals surface area contributed by atoms with Crippen molar-refractivity contribution in [1.29, 1.82) is 0 Å². The summed E-state index contributed by atoms with van der Waals surface area (Å²) >= 11 is 0. The number of benzene rings is 1. The fourth-order valence-electron chi connectivity index (χ4n) is 1.54. The van der Waals surface area contributed by atoms with Gasteiger partial charge in [-0.3, -0.25) is 4.79 Å². The minimum absolute atomic E-state index is 0.0144. The molecule has 0 aliphatic rings. The highest BCUT2D eigenvalue weighted by Crippen LogP contribution is 2.20. The van der Waals surface area contributed by atoms with E-state index in [4.69, 9.17) is 0 Å². The third kappa shape index (κ3) is 3.60. The van der Waals surface area contributed by atoms with E-state index in [1.165, 1.54) is 6.07 Å². The molecule has 0 radical (unpaired) electrons. The lowest BCUT2D eigenvalue weighted by Gasteiger charge is -2.08. The molecule has 0 bridgehead atoms. The molecule has 0 saturated carbocycles. The van der Waals surface area contributed by atoms with E-state index in [0.29, 0.717) is 0 Å². The van der Waals surface area contributed by atoms with Crippen molar-refractivity contribution in [3.05, 3.63) is 53.9 Å². The van der Waals surface area contributed by atoms with Crippen LogP contribution in [0.1, 0.15) is 10.4 Å². The first-order valence-electron chi connectivity index (χ1n) is 5.70. The van der Waals surface area contributed by atoms with Crippen molar-refractivity contribution in [2.45, 2.75) is 4.90 Å². The monoisotopic (exact) mass is 312 g/mol. The molecule has 2 aromatic rings. The highest BCUT2D eigenvalue weighted by molar-refractivity contribution is 7.90. The quantitative estimate of drug-likeness (QED) is 0.695. The third-order valence-electron chi connectivity index (χ3n) is 2.60. The standard InChI is InChI=1S/C13H10F2N2O3S/c1-21(19,20)9-3-4-10(14)11(6-9)17-13(18)8-2-5-12(15)16-7-8/h2-7H,1H3,(H,17,18). The second kappa shape index (κ2) is 5.57. The normalized spacial score (nSPS) is 11.2. The fourth-order valence-corrected chi connectivity index (χ4v) is 2.18. The number of hydrogen-bond donors (Lipinski definition) is 1. The van der Waals surface area contributed by atoms with Crippen molar-refractivity contribution in [2.24, 2.45) is 0 Å². The van der Waals surface area contributed by atoms with E-state index in [0.717, 1.165) is 36.7 Å². The molecule has 110 valence electrons. The molecule has 0 aliphatic carbocycles. The van der Waals surface area contributed by atoms with E-state index >= 15 is 0 Å². The molecule has 0 fully saturated rings. The molecule has 0 spiro atoms. The molecule has 0 unspecified atom stereocenters. The number of pyridine rings is 1. The largest absolute Gasteiger partial charge is 0.319 e. The molecule has 5 nitrogen and oxygen atoms in total. The number of anilines is 1. The summed E-state index contributed by atoms with van der Waals surface area (Å²) in [7, 11) is -3.53. The van der Waals surface area contributed by atoms with Gasteiger partial charge in [0.25, 0.3) is 5.91 Å². The SMILES string of the molecule is CS(=O)(=O)c1ccc(F)c(NC(=O)c2ccc(F)nc2)c1. The molecule has 1 aromatic carbocycles. The first-order valence-corrected chi connectivity index (χ1v) is 7.59. The van der Waals surface area contributed by atoms with Crippen LogP contribution < -0.4 is 5.32 Å². The Morgan fingerprint density at radius 1 is 1.19 bits per heavy atom. The van der Waals surface area contributed by atoms with Crippen LogP contribution in [0.2, 0.25) is 0 Å². The summed E-state index contributed by atoms with van der Waals surface area (Å²) in [5.41, 5.74) is -0.271. The summed E-state index contributed by atoms with van der Waals surface area (Å²) in [4.78, 5) is 15.0. The molecule has 1 heterocycles. The highest BCUT2D eigenvalue weighted by atomic mass is 32.2. The van der Waals surface area contributed by atoms with Gasteiger partial charge in [-0.15, -0.1) is 0 Å². The maximum atomic E-state index is 13.6. The van der Waals surface area contributed by atoms with Gasteiger partial charge in [0.2, 0.25) is 5.95 Å². The van der Waals surface area contributed by atoms with E-state index < -0.39 is 27.5 Å². The number of halogens is 2. The summed E-state index contributed by atoms with van der Waals surface area (Å²) in [6.07, 6.45) is 1.96. The van der Waals surface area contributed by atoms with Crippen molar-refractivity contribution < 1.29 is 22.0 Å². The Bertz CT molecular complexity index is 790.